The molecule has 0 unspecified atom stereocenters. The first-order chi connectivity index (χ1) is 13.8. The van der Waals surface area contributed by atoms with Gasteiger partial charge in [-0.3, -0.25) is 4.98 Å². The maximum atomic E-state index is 13.9. The smallest absolute Gasteiger partial charge is 0.143 e. The molecule has 0 aliphatic rings. The quantitative estimate of drug-likeness (QED) is 0.560. The molecule has 0 radical (unpaired) electrons. The number of hydrogen-bond acceptors (Lipinski definition) is 4. The Morgan fingerprint density at radius 2 is 1.79 bits per heavy atom. The Hall–Kier alpha value is -3.98. The van der Waals surface area contributed by atoms with Crippen LogP contribution in [0.4, 0.5) is 10.1 Å². The van der Waals surface area contributed by atoms with Crippen molar-refractivity contribution in [1.29, 1.82) is 5.26 Å². The predicted octanol–water partition coefficient (Wildman–Crippen LogP) is 4.56. The first kappa shape index (κ1) is 17.4. The molecule has 0 fully saturated rings. The van der Waals surface area contributed by atoms with Crippen LogP contribution in [0.2, 0.25) is 0 Å². The fraction of sp³-hybridized carbons (Fsp3) is 0.0455. The second-order valence-corrected chi connectivity index (χ2v) is 6.15. The molecule has 1 N–H and O–H groups in total. The standard InChI is InChI=1S/C22H16FN5/c23-20-7-4-8-21(19(20)13-24)26-14-17-15-28(18-5-2-1-3-6-18)27-22(17)16-9-11-25-12-10-16/h1-12,15,26H,14H2. The molecule has 5 nitrogen and oxygen atoms in total. The highest BCUT2D eigenvalue weighted by molar-refractivity contribution is 5.64. The van der Waals surface area contributed by atoms with Gasteiger partial charge in [0.2, 0.25) is 0 Å². The zero-order valence-electron chi connectivity index (χ0n) is 14.9. The molecule has 4 aromatic rings. The summed E-state index contributed by atoms with van der Waals surface area (Å²) < 4.78 is 15.7. The number of nitriles is 1. The van der Waals surface area contributed by atoms with Crippen molar-refractivity contribution < 1.29 is 4.39 Å². The minimum Gasteiger partial charge on any atom is -0.380 e. The van der Waals surface area contributed by atoms with Gasteiger partial charge in [0.25, 0.3) is 0 Å². The van der Waals surface area contributed by atoms with Gasteiger partial charge in [-0.25, -0.2) is 9.07 Å². The van der Waals surface area contributed by atoms with Gasteiger partial charge in [0.15, 0.2) is 0 Å². The topological polar surface area (TPSA) is 66.5 Å². The van der Waals surface area contributed by atoms with Crippen LogP contribution < -0.4 is 5.32 Å². The van der Waals surface area contributed by atoms with Crippen LogP contribution in [-0.4, -0.2) is 14.8 Å². The minimum absolute atomic E-state index is 0.00316. The number of anilines is 1. The average Bonchev–Trinajstić information content (AvgIpc) is 3.18. The van der Waals surface area contributed by atoms with Gasteiger partial charge in [0.1, 0.15) is 17.4 Å². The lowest BCUT2D eigenvalue weighted by molar-refractivity contribution is 0.624. The van der Waals surface area contributed by atoms with E-state index in [4.69, 9.17) is 5.10 Å². The van der Waals surface area contributed by atoms with Crippen molar-refractivity contribution in [2.75, 3.05) is 5.32 Å². The van der Waals surface area contributed by atoms with Crippen molar-refractivity contribution in [2.45, 2.75) is 6.54 Å². The zero-order chi connectivity index (χ0) is 19.3. The molecule has 28 heavy (non-hydrogen) atoms. The first-order valence-corrected chi connectivity index (χ1v) is 8.73. The van der Waals surface area contributed by atoms with E-state index in [1.54, 1.807) is 24.5 Å². The van der Waals surface area contributed by atoms with Crippen molar-refractivity contribution in [3.63, 3.8) is 0 Å². The summed E-state index contributed by atoms with van der Waals surface area (Å²) in [4.78, 5) is 4.06. The summed E-state index contributed by atoms with van der Waals surface area (Å²) in [6, 6.07) is 20.0. The number of hydrogen-bond donors (Lipinski definition) is 1. The van der Waals surface area contributed by atoms with E-state index in [1.807, 2.05) is 59.4 Å². The van der Waals surface area contributed by atoms with Crippen molar-refractivity contribution in [2.24, 2.45) is 0 Å². The third-order valence-corrected chi connectivity index (χ3v) is 4.36. The zero-order valence-corrected chi connectivity index (χ0v) is 14.9. The number of pyridine rings is 1. The number of halogens is 1. The molecule has 0 atom stereocenters. The van der Waals surface area contributed by atoms with Crippen molar-refractivity contribution >= 4 is 5.69 Å². The highest BCUT2D eigenvalue weighted by Gasteiger charge is 2.14. The molecule has 4 rings (SSSR count). The van der Waals surface area contributed by atoms with E-state index in [2.05, 4.69) is 10.3 Å². The van der Waals surface area contributed by atoms with Gasteiger partial charge < -0.3 is 5.32 Å². The Balaban J connectivity index is 1.71. The van der Waals surface area contributed by atoms with Gasteiger partial charge in [0.05, 0.1) is 17.1 Å². The lowest BCUT2D eigenvalue weighted by atomic mass is 10.1. The molecule has 2 aromatic carbocycles. The number of aromatic nitrogens is 3. The van der Waals surface area contributed by atoms with Crippen LogP contribution in [0.15, 0.2) is 79.3 Å². The molecule has 0 amide bonds. The van der Waals surface area contributed by atoms with Crippen molar-refractivity contribution in [1.82, 2.24) is 14.8 Å². The fourth-order valence-corrected chi connectivity index (χ4v) is 2.98. The lowest BCUT2D eigenvalue weighted by Gasteiger charge is -2.08. The van der Waals surface area contributed by atoms with E-state index >= 15 is 0 Å². The molecule has 0 bridgehead atoms. The highest BCUT2D eigenvalue weighted by Crippen LogP contribution is 2.25. The normalized spacial score (nSPS) is 10.4. The van der Waals surface area contributed by atoms with Crippen LogP contribution in [0.25, 0.3) is 16.9 Å². The van der Waals surface area contributed by atoms with E-state index in [-0.39, 0.29) is 5.56 Å². The van der Waals surface area contributed by atoms with Gasteiger partial charge in [-0.1, -0.05) is 24.3 Å². The molecule has 0 spiro atoms. The van der Waals surface area contributed by atoms with E-state index in [1.165, 1.54) is 6.07 Å². The first-order valence-electron chi connectivity index (χ1n) is 8.73. The SMILES string of the molecule is N#Cc1c(F)cccc1NCc1cn(-c2ccccc2)nc1-c1ccncc1. The monoisotopic (exact) mass is 369 g/mol. The maximum absolute atomic E-state index is 13.9. The Bertz CT molecular complexity index is 1130. The lowest BCUT2D eigenvalue weighted by Crippen LogP contribution is -2.03. The summed E-state index contributed by atoms with van der Waals surface area (Å²) in [6.07, 6.45) is 5.37. The molecular formula is C22H16FN5. The summed E-state index contributed by atoms with van der Waals surface area (Å²) in [6.45, 7) is 0.391. The second kappa shape index (κ2) is 7.72. The number of benzene rings is 2. The molecule has 2 aromatic heterocycles. The summed E-state index contributed by atoms with van der Waals surface area (Å²) in [5.41, 5.74) is 4.05. The molecule has 0 aliphatic heterocycles. The fourth-order valence-electron chi connectivity index (χ4n) is 2.98. The largest absolute Gasteiger partial charge is 0.380 e. The van der Waals surface area contributed by atoms with Gasteiger partial charge in [-0.05, 0) is 36.4 Å². The summed E-state index contributed by atoms with van der Waals surface area (Å²) >= 11 is 0. The summed E-state index contributed by atoms with van der Waals surface area (Å²) in [7, 11) is 0. The number of nitrogens with zero attached hydrogens (tertiary/aromatic N) is 4. The van der Waals surface area contributed by atoms with Gasteiger partial charge in [-0.15, -0.1) is 0 Å². The second-order valence-electron chi connectivity index (χ2n) is 6.15. The Morgan fingerprint density at radius 1 is 1.00 bits per heavy atom. The molecule has 136 valence electrons. The maximum Gasteiger partial charge on any atom is 0.143 e. The van der Waals surface area contributed by atoms with Gasteiger partial charge in [0, 0.05) is 36.3 Å². The van der Waals surface area contributed by atoms with Crippen molar-refractivity contribution in [3.05, 3.63) is 96.2 Å². The third-order valence-electron chi connectivity index (χ3n) is 4.36. The van der Waals surface area contributed by atoms with Crippen LogP contribution in [-0.2, 0) is 6.54 Å². The molecular weight excluding hydrogens is 353 g/mol. The predicted molar refractivity (Wildman–Crippen MR) is 105 cm³/mol. The molecule has 0 aliphatic carbocycles. The summed E-state index contributed by atoms with van der Waals surface area (Å²) in [5.74, 6) is -0.540. The average molecular weight is 369 g/mol. The summed E-state index contributed by atoms with van der Waals surface area (Å²) in [5, 5.41) is 17.1. The third kappa shape index (κ3) is 3.46. The van der Waals surface area contributed by atoms with Crippen LogP contribution in [0, 0.1) is 17.1 Å². The van der Waals surface area contributed by atoms with E-state index in [0.29, 0.717) is 12.2 Å². The van der Waals surface area contributed by atoms with Crippen LogP contribution in [0.3, 0.4) is 0 Å². The van der Waals surface area contributed by atoms with Crippen LogP contribution >= 0.6 is 0 Å². The molecule has 6 heteroatoms. The van der Waals surface area contributed by atoms with E-state index < -0.39 is 5.82 Å². The minimum atomic E-state index is -0.540. The highest BCUT2D eigenvalue weighted by atomic mass is 19.1. The molecule has 0 saturated heterocycles. The Labute approximate surface area is 161 Å². The molecule has 0 saturated carbocycles. The number of rotatable bonds is 5. The Morgan fingerprint density at radius 3 is 2.54 bits per heavy atom. The molecule has 2 heterocycles. The van der Waals surface area contributed by atoms with Crippen LogP contribution in [0.1, 0.15) is 11.1 Å². The Kier molecular flexibility index (Phi) is 4.81. The van der Waals surface area contributed by atoms with E-state index in [9.17, 15) is 9.65 Å². The van der Waals surface area contributed by atoms with Gasteiger partial charge in [-0.2, -0.15) is 10.4 Å². The number of nitrogens with one attached hydrogen (secondary N) is 1. The van der Waals surface area contributed by atoms with E-state index in [0.717, 1.165) is 22.5 Å². The van der Waals surface area contributed by atoms with Crippen LogP contribution in [0.5, 0.6) is 0 Å². The number of para-hydroxylation sites is 1. The van der Waals surface area contributed by atoms with Gasteiger partial charge >= 0.3 is 0 Å². The van der Waals surface area contributed by atoms with Crippen molar-refractivity contribution in [3.8, 4) is 23.0 Å².